The van der Waals surface area contributed by atoms with E-state index < -0.39 is 0 Å². The predicted molar refractivity (Wildman–Crippen MR) is 68.1 cm³/mol. The third-order valence-corrected chi connectivity index (χ3v) is 2.60. The van der Waals surface area contributed by atoms with Gasteiger partial charge in [0, 0.05) is 12.6 Å². The molecule has 0 saturated heterocycles. The van der Waals surface area contributed by atoms with E-state index in [2.05, 4.69) is 36.1 Å². The highest BCUT2D eigenvalue weighted by Gasteiger charge is 2.13. The molecule has 2 heteroatoms. The second kappa shape index (κ2) is 7.03. The zero-order valence-electron chi connectivity index (χ0n) is 10.2. The molecule has 1 N–H and O–H groups in total. The van der Waals surface area contributed by atoms with Crippen LogP contribution in [0.5, 0.6) is 0 Å². The van der Waals surface area contributed by atoms with Crippen molar-refractivity contribution in [2.75, 3.05) is 6.54 Å². The van der Waals surface area contributed by atoms with Crippen molar-refractivity contribution >= 4 is 0 Å². The minimum Gasteiger partial charge on any atom is -0.309 e. The fourth-order valence-corrected chi connectivity index (χ4v) is 1.74. The lowest BCUT2D eigenvalue weighted by atomic mass is 10.0. The van der Waals surface area contributed by atoms with Gasteiger partial charge in [0.1, 0.15) is 0 Å². The quantitative estimate of drug-likeness (QED) is 0.740. The molecule has 0 saturated carbocycles. The molecule has 1 aromatic rings. The Bertz CT molecular complexity index is 352. The van der Waals surface area contributed by atoms with Gasteiger partial charge in [0.25, 0.3) is 0 Å². The molecule has 16 heavy (non-hydrogen) atoms. The monoisotopic (exact) mass is 216 g/mol. The first-order valence-corrected chi connectivity index (χ1v) is 5.88. The van der Waals surface area contributed by atoms with E-state index in [-0.39, 0.29) is 6.04 Å². The van der Waals surface area contributed by atoms with E-state index in [0.29, 0.717) is 0 Å². The van der Waals surface area contributed by atoms with Gasteiger partial charge >= 0.3 is 0 Å². The fraction of sp³-hybridized carbons (Fsp3) is 0.500. The number of nitrogens with zero attached hydrogens (tertiary/aromatic N) is 1. The fourth-order valence-electron chi connectivity index (χ4n) is 1.74. The third kappa shape index (κ3) is 3.67. The van der Waals surface area contributed by atoms with Crippen LogP contribution in [0, 0.1) is 19.3 Å². The molecule has 0 aliphatic rings. The molecule has 1 heterocycles. The van der Waals surface area contributed by atoms with Gasteiger partial charge in [-0.3, -0.25) is 4.98 Å². The Kier molecular flexibility index (Phi) is 5.60. The average Bonchev–Trinajstić information content (AvgIpc) is 2.31. The number of terminal acetylenes is 1. The van der Waals surface area contributed by atoms with Crippen molar-refractivity contribution in [1.82, 2.24) is 10.3 Å². The van der Waals surface area contributed by atoms with E-state index in [1.165, 1.54) is 5.56 Å². The summed E-state index contributed by atoms with van der Waals surface area (Å²) in [6, 6.07) is 4.35. The van der Waals surface area contributed by atoms with Gasteiger partial charge in [-0.15, -0.1) is 12.3 Å². The van der Waals surface area contributed by atoms with E-state index >= 15 is 0 Å². The maximum absolute atomic E-state index is 5.32. The van der Waals surface area contributed by atoms with Gasteiger partial charge in [0.2, 0.25) is 0 Å². The highest BCUT2D eigenvalue weighted by atomic mass is 14.9. The van der Waals surface area contributed by atoms with Crippen molar-refractivity contribution in [3.63, 3.8) is 0 Å². The van der Waals surface area contributed by atoms with Crippen LogP contribution in [0.25, 0.3) is 0 Å². The second-order valence-electron chi connectivity index (χ2n) is 3.96. The molecule has 1 unspecified atom stereocenters. The molecular formula is C14H20N2. The van der Waals surface area contributed by atoms with Gasteiger partial charge in [-0.25, -0.2) is 0 Å². The molecule has 1 aromatic heterocycles. The van der Waals surface area contributed by atoms with Crippen LogP contribution in [0.15, 0.2) is 18.3 Å². The predicted octanol–water partition coefficient (Wildman–Crippen LogP) is 2.84. The maximum atomic E-state index is 5.32. The summed E-state index contributed by atoms with van der Waals surface area (Å²) < 4.78 is 0. The summed E-state index contributed by atoms with van der Waals surface area (Å²) in [6.07, 6.45) is 10.0. The van der Waals surface area contributed by atoms with Crippen molar-refractivity contribution in [3.8, 4) is 12.3 Å². The van der Waals surface area contributed by atoms with Crippen LogP contribution in [0.4, 0.5) is 0 Å². The van der Waals surface area contributed by atoms with E-state index in [9.17, 15) is 0 Å². The van der Waals surface area contributed by atoms with E-state index in [1.54, 1.807) is 0 Å². The lowest BCUT2D eigenvalue weighted by Gasteiger charge is -2.18. The first-order chi connectivity index (χ1) is 7.79. The summed E-state index contributed by atoms with van der Waals surface area (Å²) in [5.74, 6) is 2.70. The van der Waals surface area contributed by atoms with Crippen LogP contribution >= 0.6 is 0 Å². The van der Waals surface area contributed by atoms with Gasteiger partial charge in [0.15, 0.2) is 0 Å². The number of nitrogens with one attached hydrogen (secondary N) is 1. The minimum atomic E-state index is 0.289. The molecule has 1 rings (SSSR count). The Hall–Kier alpha value is -1.33. The Morgan fingerprint density at radius 1 is 1.56 bits per heavy atom. The molecule has 1 atom stereocenters. The van der Waals surface area contributed by atoms with Crippen molar-refractivity contribution in [2.45, 2.75) is 39.2 Å². The SMILES string of the molecule is C#CCCC(NCCC)c1ncccc1C. The smallest absolute Gasteiger partial charge is 0.0602 e. The third-order valence-electron chi connectivity index (χ3n) is 2.60. The zero-order chi connectivity index (χ0) is 11.8. The van der Waals surface area contributed by atoms with Crippen LogP contribution in [0.3, 0.4) is 0 Å². The Morgan fingerprint density at radius 2 is 2.38 bits per heavy atom. The Morgan fingerprint density at radius 3 is 3.00 bits per heavy atom. The number of hydrogen-bond acceptors (Lipinski definition) is 2. The minimum absolute atomic E-state index is 0.289. The summed E-state index contributed by atoms with van der Waals surface area (Å²) in [7, 11) is 0. The summed E-state index contributed by atoms with van der Waals surface area (Å²) in [5.41, 5.74) is 2.36. The Balaban J connectivity index is 2.75. The van der Waals surface area contributed by atoms with Crippen LogP contribution in [-0.4, -0.2) is 11.5 Å². The largest absolute Gasteiger partial charge is 0.309 e. The molecule has 0 bridgehead atoms. The van der Waals surface area contributed by atoms with E-state index in [0.717, 1.165) is 31.5 Å². The molecule has 0 aromatic carbocycles. The van der Waals surface area contributed by atoms with Gasteiger partial charge in [-0.1, -0.05) is 13.0 Å². The summed E-state index contributed by atoms with van der Waals surface area (Å²) >= 11 is 0. The first kappa shape index (κ1) is 12.7. The average molecular weight is 216 g/mol. The number of rotatable bonds is 6. The van der Waals surface area contributed by atoms with Crippen LogP contribution in [0.1, 0.15) is 43.5 Å². The molecule has 86 valence electrons. The van der Waals surface area contributed by atoms with Crippen LogP contribution in [-0.2, 0) is 0 Å². The number of pyridine rings is 1. The first-order valence-electron chi connectivity index (χ1n) is 5.88. The number of aryl methyl sites for hydroxylation is 1. The van der Waals surface area contributed by atoms with Crippen molar-refractivity contribution in [2.24, 2.45) is 0 Å². The molecular weight excluding hydrogens is 196 g/mol. The maximum Gasteiger partial charge on any atom is 0.0602 e. The van der Waals surface area contributed by atoms with Crippen molar-refractivity contribution in [1.29, 1.82) is 0 Å². The molecule has 0 aliphatic heterocycles. The molecule has 2 nitrogen and oxygen atoms in total. The molecule has 0 spiro atoms. The molecule has 0 amide bonds. The van der Waals surface area contributed by atoms with Gasteiger partial charge in [0.05, 0.1) is 11.7 Å². The van der Waals surface area contributed by atoms with Gasteiger partial charge in [-0.2, -0.15) is 0 Å². The normalized spacial score (nSPS) is 12.1. The van der Waals surface area contributed by atoms with Crippen molar-refractivity contribution in [3.05, 3.63) is 29.6 Å². The lowest BCUT2D eigenvalue weighted by Crippen LogP contribution is -2.23. The van der Waals surface area contributed by atoms with Crippen LogP contribution < -0.4 is 5.32 Å². The summed E-state index contributed by atoms with van der Waals surface area (Å²) in [5, 5.41) is 3.50. The van der Waals surface area contributed by atoms with Crippen molar-refractivity contribution < 1.29 is 0 Å². The molecule has 0 radical (unpaired) electrons. The summed E-state index contributed by atoms with van der Waals surface area (Å²) in [6.45, 7) is 5.26. The van der Waals surface area contributed by atoms with Gasteiger partial charge < -0.3 is 5.32 Å². The topological polar surface area (TPSA) is 24.9 Å². The molecule has 0 aliphatic carbocycles. The highest BCUT2D eigenvalue weighted by Crippen LogP contribution is 2.19. The lowest BCUT2D eigenvalue weighted by molar-refractivity contribution is 0.492. The second-order valence-corrected chi connectivity index (χ2v) is 3.96. The molecule has 0 fully saturated rings. The van der Waals surface area contributed by atoms with E-state index in [1.807, 2.05) is 12.3 Å². The Labute approximate surface area is 98.5 Å². The summed E-state index contributed by atoms with van der Waals surface area (Å²) in [4.78, 5) is 4.45. The van der Waals surface area contributed by atoms with Crippen LogP contribution in [0.2, 0.25) is 0 Å². The number of hydrogen-bond donors (Lipinski definition) is 1. The van der Waals surface area contributed by atoms with E-state index in [4.69, 9.17) is 6.42 Å². The number of aromatic nitrogens is 1. The zero-order valence-corrected chi connectivity index (χ0v) is 10.2. The highest BCUT2D eigenvalue weighted by molar-refractivity contribution is 5.21. The standard InChI is InChI=1S/C14H20N2/c1-4-6-9-13(15-10-5-2)14-12(3)8-7-11-16-14/h1,7-8,11,13,15H,5-6,9-10H2,2-3H3. The van der Waals surface area contributed by atoms with Gasteiger partial charge in [-0.05, 0) is 37.9 Å².